The lowest BCUT2D eigenvalue weighted by Crippen LogP contribution is -2.33. The van der Waals surface area contributed by atoms with E-state index in [1.54, 1.807) is 0 Å². The summed E-state index contributed by atoms with van der Waals surface area (Å²) in [5.74, 6) is 0. The molecule has 0 saturated carbocycles. The van der Waals surface area contributed by atoms with Gasteiger partial charge in [0.25, 0.3) is 0 Å². The maximum absolute atomic E-state index is 10.9. The van der Waals surface area contributed by atoms with Gasteiger partial charge in [-0.1, -0.05) is 72.8 Å². The molecule has 2 aromatic carbocycles. The fraction of sp³-hybridized carbons (Fsp3) is 0.167. The predicted octanol–water partition coefficient (Wildman–Crippen LogP) is 3.66. The number of benzene rings is 2. The Hall–Kier alpha value is -2.55. The third-order valence-electron chi connectivity index (χ3n) is 3.17. The topological polar surface area (TPSA) is 49.3 Å². The Kier molecular flexibility index (Phi) is 5.59. The molecule has 1 atom stereocenters. The molecule has 0 saturated heterocycles. The maximum atomic E-state index is 10.9. The third kappa shape index (κ3) is 5.53. The minimum Gasteiger partial charge on any atom is -0.465 e. The van der Waals surface area contributed by atoms with Crippen LogP contribution in [0.2, 0.25) is 0 Å². The largest absolute Gasteiger partial charge is 0.465 e. The SMILES string of the molecule is O=C(O)N[C@H](/C=C\Cc1ccccc1)Cc1ccccc1. The van der Waals surface area contributed by atoms with Crippen LogP contribution in [0.5, 0.6) is 0 Å². The van der Waals surface area contributed by atoms with E-state index in [0.717, 1.165) is 12.0 Å². The number of nitrogens with one attached hydrogen (secondary N) is 1. The van der Waals surface area contributed by atoms with E-state index in [0.29, 0.717) is 6.42 Å². The van der Waals surface area contributed by atoms with Gasteiger partial charge < -0.3 is 10.4 Å². The van der Waals surface area contributed by atoms with Gasteiger partial charge in [-0.2, -0.15) is 0 Å². The van der Waals surface area contributed by atoms with Gasteiger partial charge in [0.15, 0.2) is 0 Å². The molecule has 21 heavy (non-hydrogen) atoms. The van der Waals surface area contributed by atoms with Crippen molar-refractivity contribution in [3.8, 4) is 0 Å². The second-order valence-corrected chi connectivity index (χ2v) is 4.86. The fourth-order valence-electron chi connectivity index (χ4n) is 2.18. The third-order valence-corrected chi connectivity index (χ3v) is 3.17. The number of amides is 1. The number of hydrogen-bond donors (Lipinski definition) is 2. The van der Waals surface area contributed by atoms with Crippen molar-refractivity contribution in [1.29, 1.82) is 0 Å². The average Bonchev–Trinajstić information content (AvgIpc) is 2.49. The summed E-state index contributed by atoms with van der Waals surface area (Å²) < 4.78 is 0. The van der Waals surface area contributed by atoms with Gasteiger partial charge in [-0.3, -0.25) is 0 Å². The Balaban J connectivity index is 1.97. The smallest absolute Gasteiger partial charge is 0.405 e. The summed E-state index contributed by atoms with van der Waals surface area (Å²) in [5.41, 5.74) is 2.32. The highest BCUT2D eigenvalue weighted by Gasteiger charge is 2.08. The van der Waals surface area contributed by atoms with E-state index in [9.17, 15) is 4.79 Å². The van der Waals surface area contributed by atoms with Gasteiger partial charge in [0, 0.05) is 0 Å². The van der Waals surface area contributed by atoms with Crippen molar-refractivity contribution in [2.45, 2.75) is 18.9 Å². The zero-order valence-electron chi connectivity index (χ0n) is 11.8. The van der Waals surface area contributed by atoms with Crippen molar-refractivity contribution in [3.63, 3.8) is 0 Å². The first-order chi connectivity index (χ1) is 10.2. The minimum absolute atomic E-state index is 0.214. The molecule has 0 aliphatic carbocycles. The number of hydrogen-bond acceptors (Lipinski definition) is 1. The van der Waals surface area contributed by atoms with Gasteiger partial charge in [-0.15, -0.1) is 0 Å². The molecule has 0 spiro atoms. The lowest BCUT2D eigenvalue weighted by molar-refractivity contribution is 0.192. The molecule has 2 N–H and O–H groups in total. The molecular formula is C18H19NO2. The summed E-state index contributed by atoms with van der Waals surface area (Å²) in [6.07, 6.45) is 4.39. The van der Waals surface area contributed by atoms with Crippen molar-refractivity contribution in [2.24, 2.45) is 0 Å². The lowest BCUT2D eigenvalue weighted by atomic mass is 10.0. The number of allylic oxidation sites excluding steroid dienone is 1. The molecule has 0 aromatic heterocycles. The molecule has 0 heterocycles. The Bertz CT molecular complexity index is 579. The van der Waals surface area contributed by atoms with Crippen LogP contribution in [0.25, 0.3) is 0 Å². The second-order valence-electron chi connectivity index (χ2n) is 4.86. The monoisotopic (exact) mass is 281 g/mol. The molecule has 0 aliphatic rings. The van der Waals surface area contributed by atoms with Gasteiger partial charge in [0.05, 0.1) is 6.04 Å². The van der Waals surface area contributed by atoms with Crippen LogP contribution in [-0.4, -0.2) is 17.2 Å². The molecule has 3 heteroatoms. The highest BCUT2D eigenvalue weighted by atomic mass is 16.4. The predicted molar refractivity (Wildman–Crippen MR) is 84.4 cm³/mol. The Labute approximate surface area is 124 Å². The molecule has 108 valence electrons. The van der Waals surface area contributed by atoms with Crippen LogP contribution in [0, 0.1) is 0 Å². The van der Waals surface area contributed by atoms with Crippen LogP contribution >= 0.6 is 0 Å². The van der Waals surface area contributed by atoms with E-state index in [1.165, 1.54) is 5.56 Å². The fourth-order valence-corrected chi connectivity index (χ4v) is 2.18. The molecule has 2 rings (SSSR count). The first kappa shape index (κ1) is 14.9. The van der Waals surface area contributed by atoms with Crippen LogP contribution in [-0.2, 0) is 12.8 Å². The molecule has 0 radical (unpaired) electrons. The van der Waals surface area contributed by atoms with Crippen LogP contribution in [0.15, 0.2) is 72.8 Å². The van der Waals surface area contributed by atoms with Crippen molar-refractivity contribution in [1.82, 2.24) is 5.32 Å². The van der Waals surface area contributed by atoms with Gasteiger partial charge >= 0.3 is 6.09 Å². The molecule has 0 unspecified atom stereocenters. The number of carbonyl (C=O) groups is 1. The van der Waals surface area contributed by atoms with Gasteiger partial charge in [0.2, 0.25) is 0 Å². The minimum atomic E-state index is -1.000. The standard InChI is InChI=1S/C18H19NO2/c20-18(21)19-17(14-16-10-5-2-6-11-16)13-7-12-15-8-3-1-4-9-15/h1-11,13,17,19H,12,14H2,(H,20,21)/b13-7-/t17-/m1/s1. The Morgan fingerprint density at radius 2 is 1.57 bits per heavy atom. The summed E-state index contributed by atoms with van der Waals surface area (Å²) >= 11 is 0. The summed E-state index contributed by atoms with van der Waals surface area (Å²) in [6, 6.07) is 19.8. The average molecular weight is 281 g/mol. The van der Waals surface area contributed by atoms with E-state index < -0.39 is 6.09 Å². The molecular weight excluding hydrogens is 262 g/mol. The quantitative estimate of drug-likeness (QED) is 0.794. The van der Waals surface area contributed by atoms with E-state index >= 15 is 0 Å². The molecule has 3 nitrogen and oxygen atoms in total. The second kappa shape index (κ2) is 7.90. The molecule has 2 aromatic rings. The van der Waals surface area contributed by atoms with Crippen LogP contribution < -0.4 is 5.32 Å². The number of rotatable bonds is 6. The van der Waals surface area contributed by atoms with E-state index in [2.05, 4.69) is 17.4 Å². The normalized spacial score (nSPS) is 12.2. The van der Waals surface area contributed by atoms with Gasteiger partial charge in [-0.25, -0.2) is 4.79 Å². The van der Waals surface area contributed by atoms with E-state index in [-0.39, 0.29) is 6.04 Å². The molecule has 0 aliphatic heterocycles. The van der Waals surface area contributed by atoms with Crippen LogP contribution in [0.4, 0.5) is 4.79 Å². The van der Waals surface area contributed by atoms with Crippen molar-refractivity contribution >= 4 is 6.09 Å². The summed E-state index contributed by atoms with van der Waals surface area (Å²) in [4.78, 5) is 10.9. The van der Waals surface area contributed by atoms with Gasteiger partial charge in [0.1, 0.15) is 0 Å². The summed E-state index contributed by atoms with van der Waals surface area (Å²) in [6.45, 7) is 0. The Morgan fingerprint density at radius 3 is 2.14 bits per heavy atom. The van der Waals surface area contributed by atoms with Crippen molar-refractivity contribution in [3.05, 3.63) is 83.9 Å². The Morgan fingerprint density at radius 1 is 1.00 bits per heavy atom. The van der Waals surface area contributed by atoms with Crippen molar-refractivity contribution in [2.75, 3.05) is 0 Å². The van der Waals surface area contributed by atoms with Gasteiger partial charge in [-0.05, 0) is 24.0 Å². The molecule has 1 amide bonds. The molecule has 0 fully saturated rings. The highest BCUT2D eigenvalue weighted by Crippen LogP contribution is 2.06. The highest BCUT2D eigenvalue weighted by molar-refractivity contribution is 5.65. The van der Waals surface area contributed by atoms with E-state index in [1.807, 2.05) is 60.7 Å². The van der Waals surface area contributed by atoms with Crippen LogP contribution in [0.1, 0.15) is 11.1 Å². The van der Waals surface area contributed by atoms with Crippen LogP contribution in [0.3, 0.4) is 0 Å². The zero-order valence-corrected chi connectivity index (χ0v) is 11.8. The lowest BCUT2D eigenvalue weighted by Gasteiger charge is -2.13. The summed E-state index contributed by atoms with van der Waals surface area (Å²) in [7, 11) is 0. The maximum Gasteiger partial charge on any atom is 0.405 e. The zero-order chi connectivity index (χ0) is 14.9. The van der Waals surface area contributed by atoms with Crippen molar-refractivity contribution < 1.29 is 9.90 Å². The summed E-state index contributed by atoms with van der Waals surface area (Å²) in [5, 5.41) is 11.5. The number of carboxylic acid groups (broad SMARTS) is 1. The van der Waals surface area contributed by atoms with E-state index in [4.69, 9.17) is 5.11 Å². The first-order valence-electron chi connectivity index (χ1n) is 6.98. The first-order valence-corrected chi connectivity index (χ1v) is 6.98. The molecule has 0 bridgehead atoms.